The molecule has 2 aromatic rings. The van der Waals surface area contributed by atoms with Gasteiger partial charge in [0.1, 0.15) is 11.5 Å². The van der Waals surface area contributed by atoms with Gasteiger partial charge in [0.05, 0.1) is 18.2 Å². The van der Waals surface area contributed by atoms with E-state index in [2.05, 4.69) is 53.4 Å². The number of rotatable bonds is 10. The number of carbonyl (C=O) groups is 2. The van der Waals surface area contributed by atoms with Gasteiger partial charge in [-0.2, -0.15) is 0 Å². The first kappa shape index (κ1) is 29.4. The number of amides is 1. The molecule has 1 atom stereocenters. The van der Waals surface area contributed by atoms with Gasteiger partial charge in [-0.3, -0.25) is 9.59 Å². The Hall–Kier alpha value is -3.12. The molecule has 1 saturated heterocycles. The molecule has 1 aliphatic heterocycles. The third-order valence-corrected chi connectivity index (χ3v) is 7.20. The molecule has 6 heteroatoms. The van der Waals surface area contributed by atoms with Gasteiger partial charge in [0.2, 0.25) is 0 Å². The van der Waals surface area contributed by atoms with Crippen molar-refractivity contribution in [3.05, 3.63) is 70.3 Å². The fourth-order valence-corrected chi connectivity index (χ4v) is 4.78. The maximum absolute atomic E-state index is 13.4. The minimum Gasteiger partial charge on any atom is -0.507 e. The van der Waals surface area contributed by atoms with Gasteiger partial charge in [0, 0.05) is 18.7 Å². The fourth-order valence-electron chi connectivity index (χ4n) is 4.78. The van der Waals surface area contributed by atoms with Gasteiger partial charge in [-0.05, 0) is 66.2 Å². The molecule has 1 fully saturated rings. The third kappa shape index (κ3) is 6.47. The second-order valence-corrected chi connectivity index (χ2v) is 11.6. The molecular formula is C32H44N2O4. The zero-order chi connectivity index (χ0) is 28.2. The summed E-state index contributed by atoms with van der Waals surface area (Å²) in [6.45, 7) is 20.0. The van der Waals surface area contributed by atoms with Gasteiger partial charge in [0.25, 0.3) is 11.7 Å². The SMILES string of the molecule is CCN(CC)CCN1C(=O)C(=O)C(=C(O)c2ccc(OCC(C)C)c(C)c2)[C@H]1c1ccc(C(C)(C)C)cc1. The van der Waals surface area contributed by atoms with Crippen LogP contribution in [0.1, 0.15) is 76.8 Å². The van der Waals surface area contributed by atoms with Crippen LogP contribution in [0, 0.1) is 12.8 Å². The summed E-state index contributed by atoms with van der Waals surface area (Å²) >= 11 is 0. The molecule has 0 aliphatic carbocycles. The highest BCUT2D eigenvalue weighted by Gasteiger charge is 2.46. The minimum atomic E-state index is -0.656. The first-order chi connectivity index (χ1) is 17.9. The largest absolute Gasteiger partial charge is 0.507 e. The van der Waals surface area contributed by atoms with E-state index in [0.29, 0.717) is 31.2 Å². The predicted octanol–water partition coefficient (Wildman–Crippen LogP) is 6.09. The van der Waals surface area contributed by atoms with Crippen molar-refractivity contribution in [1.29, 1.82) is 0 Å². The number of aliphatic hydroxyl groups is 1. The van der Waals surface area contributed by atoms with Crippen molar-refractivity contribution in [3.63, 3.8) is 0 Å². The number of likely N-dealkylation sites (tertiary alicyclic amines) is 1. The van der Waals surface area contributed by atoms with Gasteiger partial charge < -0.3 is 19.6 Å². The molecule has 6 nitrogen and oxygen atoms in total. The number of aryl methyl sites for hydroxylation is 1. The van der Waals surface area contributed by atoms with Gasteiger partial charge in [-0.15, -0.1) is 0 Å². The van der Waals surface area contributed by atoms with Crippen LogP contribution in [0.2, 0.25) is 0 Å². The highest BCUT2D eigenvalue weighted by atomic mass is 16.5. The molecule has 0 aromatic heterocycles. The second-order valence-electron chi connectivity index (χ2n) is 11.6. The molecule has 1 heterocycles. The molecule has 3 rings (SSSR count). The minimum absolute atomic E-state index is 0.0278. The zero-order valence-corrected chi connectivity index (χ0v) is 24.3. The van der Waals surface area contributed by atoms with E-state index < -0.39 is 17.7 Å². The molecule has 1 N–H and O–H groups in total. The van der Waals surface area contributed by atoms with Crippen LogP contribution in [-0.4, -0.2) is 59.4 Å². The molecule has 206 valence electrons. The van der Waals surface area contributed by atoms with Crippen molar-refractivity contribution in [2.24, 2.45) is 5.92 Å². The standard InChI is InChI=1S/C32H44N2O4/c1-9-33(10-2)17-18-34-28(23-11-14-25(15-12-23)32(6,7)8)27(30(36)31(34)37)29(35)24-13-16-26(22(5)19-24)38-20-21(3)4/h11-16,19,21,28,35H,9-10,17-18,20H2,1-8H3/t28-/m1/s1. The molecule has 38 heavy (non-hydrogen) atoms. The second kappa shape index (κ2) is 12.2. The van der Waals surface area contributed by atoms with Crippen LogP contribution in [0.3, 0.4) is 0 Å². The maximum atomic E-state index is 13.4. The molecule has 0 radical (unpaired) electrons. The Morgan fingerprint density at radius 1 is 1.05 bits per heavy atom. The average molecular weight is 521 g/mol. The summed E-state index contributed by atoms with van der Waals surface area (Å²) in [5.74, 6) is -0.247. The molecule has 0 bridgehead atoms. The molecule has 0 spiro atoms. The lowest BCUT2D eigenvalue weighted by molar-refractivity contribution is -0.140. The van der Waals surface area contributed by atoms with Crippen LogP contribution in [0.15, 0.2) is 48.0 Å². The third-order valence-electron chi connectivity index (χ3n) is 7.20. The lowest BCUT2D eigenvalue weighted by Gasteiger charge is -2.28. The molecule has 0 unspecified atom stereocenters. The Balaban J connectivity index is 2.08. The summed E-state index contributed by atoms with van der Waals surface area (Å²) in [5, 5.41) is 11.5. The van der Waals surface area contributed by atoms with Gasteiger partial charge in [0.15, 0.2) is 0 Å². The first-order valence-electron chi connectivity index (χ1n) is 13.7. The van der Waals surface area contributed by atoms with E-state index in [0.717, 1.165) is 35.5 Å². The van der Waals surface area contributed by atoms with E-state index in [9.17, 15) is 14.7 Å². The summed E-state index contributed by atoms with van der Waals surface area (Å²) in [6.07, 6.45) is 0. The summed E-state index contributed by atoms with van der Waals surface area (Å²) in [6, 6.07) is 12.8. The molecule has 2 aromatic carbocycles. The van der Waals surface area contributed by atoms with Crippen LogP contribution < -0.4 is 4.74 Å². The number of Topliss-reactive ketones (excluding diaryl/α,β-unsaturated/α-hetero) is 1. The van der Waals surface area contributed by atoms with Gasteiger partial charge in [-0.25, -0.2) is 0 Å². The van der Waals surface area contributed by atoms with E-state index in [1.54, 1.807) is 11.0 Å². The normalized spacial score (nSPS) is 17.6. The quantitative estimate of drug-likeness (QED) is 0.233. The van der Waals surface area contributed by atoms with Crippen LogP contribution in [0.25, 0.3) is 5.76 Å². The lowest BCUT2D eigenvalue weighted by atomic mass is 9.85. The maximum Gasteiger partial charge on any atom is 0.295 e. The number of nitrogens with zero attached hydrogens (tertiary/aromatic N) is 2. The van der Waals surface area contributed by atoms with Crippen LogP contribution in [0.4, 0.5) is 0 Å². The Kier molecular flexibility index (Phi) is 9.42. The monoisotopic (exact) mass is 520 g/mol. The van der Waals surface area contributed by atoms with Crippen molar-refractivity contribution < 1.29 is 19.4 Å². The van der Waals surface area contributed by atoms with Crippen molar-refractivity contribution in [3.8, 4) is 5.75 Å². The van der Waals surface area contributed by atoms with Crippen molar-refractivity contribution in [2.45, 2.75) is 66.8 Å². The van der Waals surface area contributed by atoms with E-state index in [1.807, 2.05) is 43.3 Å². The summed E-state index contributed by atoms with van der Waals surface area (Å²) < 4.78 is 5.89. The highest BCUT2D eigenvalue weighted by molar-refractivity contribution is 6.46. The number of benzene rings is 2. The highest BCUT2D eigenvalue weighted by Crippen LogP contribution is 2.40. The lowest BCUT2D eigenvalue weighted by Crippen LogP contribution is -2.38. The van der Waals surface area contributed by atoms with Crippen molar-refractivity contribution in [2.75, 3.05) is 32.8 Å². The Morgan fingerprint density at radius 3 is 2.21 bits per heavy atom. The smallest absolute Gasteiger partial charge is 0.295 e. The Bertz CT molecular complexity index is 1170. The Labute approximate surface area is 228 Å². The number of likely N-dealkylation sites (N-methyl/N-ethyl adjacent to an activating group) is 1. The summed E-state index contributed by atoms with van der Waals surface area (Å²) in [4.78, 5) is 30.6. The number of carbonyl (C=O) groups excluding carboxylic acids is 2. The Morgan fingerprint density at radius 2 is 1.68 bits per heavy atom. The number of aliphatic hydroxyl groups excluding tert-OH is 1. The molecule has 0 saturated carbocycles. The van der Waals surface area contributed by atoms with E-state index in [-0.39, 0.29) is 16.7 Å². The first-order valence-corrected chi connectivity index (χ1v) is 13.7. The van der Waals surface area contributed by atoms with E-state index >= 15 is 0 Å². The fraction of sp³-hybridized carbons (Fsp3) is 0.500. The van der Waals surface area contributed by atoms with Crippen molar-refractivity contribution in [1.82, 2.24) is 9.80 Å². The van der Waals surface area contributed by atoms with Crippen LogP contribution in [0.5, 0.6) is 5.75 Å². The molecule has 1 aliphatic rings. The topological polar surface area (TPSA) is 70.1 Å². The van der Waals surface area contributed by atoms with Crippen LogP contribution >= 0.6 is 0 Å². The zero-order valence-electron chi connectivity index (χ0n) is 24.3. The van der Waals surface area contributed by atoms with Crippen molar-refractivity contribution >= 4 is 17.4 Å². The summed E-state index contributed by atoms with van der Waals surface area (Å²) in [7, 11) is 0. The average Bonchev–Trinajstić information content (AvgIpc) is 3.12. The van der Waals surface area contributed by atoms with Crippen LogP contribution in [-0.2, 0) is 15.0 Å². The number of hydrogen-bond donors (Lipinski definition) is 1. The number of hydrogen-bond acceptors (Lipinski definition) is 5. The van der Waals surface area contributed by atoms with E-state index in [1.165, 1.54) is 0 Å². The molecular weight excluding hydrogens is 476 g/mol. The number of ketones is 1. The molecule has 1 amide bonds. The van der Waals surface area contributed by atoms with Gasteiger partial charge in [-0.1, -0.05) is 72.7 Å². The van der Waals surface area contributed by atoms with E-state index in [4.69, 9.17) is 4.74 Å². The summed E-state index contributed by atoms with van der Waals surface area (Å²) in [5.41, 5.74) is 3.43. The number of ether oxygens (including phenoxy) is 1. The predicted molar refractivity (Wildman–Crippen MR) is 153 cm³/mol. The van der Waals surface area contributed by atoms with Gasteiger partial charge >= 0.3 is 0 Å².